The number of carbonyl (C=O) groups excluding carboxylic acids is 1. The molecule has 162 valence electrons. The van der Waals surface area contributed by atoms with Crippen molar-refractivity contribution in [2.24, 2.45) is 0 Å². The zero-order valence-corrected chi connectivity index (χ0v) is 18.5. The van der Waals surface area contributed by atoms with E-state index in [2.05, 4.69) is 12.2 Å². The summed E-state index contributed by atoms with van der Waals surface area (Å²) in [7, 11) is 0. The van der Waals surface area contributed by atoms with Crippen molar-refractivity contribution in [3.05, 3.63) is 94.3 Å². The summed E-state index contributed by atoms with van der Waals surface area (Å²) in [5.74, 6) is 0.610. The van der Waals surface area contributed by atoms with Crippen LogP contribution in [0.25, 0.3) is 16.7 Å². The lowest BCUT2D eigenvalue weighted by molar-refractivity contribution is 0.0974. The maximum atomic E-state index is 13.1. The topological polar surface area (TPSA) is 64.0 Å². The van der Waals surface area contributed by atoms with Crippen molar-refractivity contribution in [3.8, 4) is 5.69 Å². The van der Waals surface area contributed by atoms with Crippen LogP contribution in [0.1, 0.15) is 48.7 Å². The van der Waals surface area contributed by atoms with Gasteiger partial charge in [0, 0.05) is 23.9 Å². The molecule has 0 aliphatic carbocycles. The van der Waals surface area contributed by atoms with Crippen molar-refractivity contribution in [3.63, 3.8) is 0 Å². The number of nitrogens with zero attached hydrogens (tertiary/aromatic N) is 2. The molecule has 0 aliphatic rings. The molecule has 2 aromatic heterocycles. The number of hydrogen-bond donors (Lipinski definition) is 1. The van der Waals surface area contributed by atoms with Crippen LogP contribution in [0.4, 0.5) is 11.5 Å². The monoisotopic (exact) mass is 425 g/mol. The van der Waals surface area contributed by atoms with Crippen LogP contribution in [0.2, 0.25) is 0 Å². The van der Waals surface area contributed by atoms with E-state index in [1.807, 2.05) is 72.2 Å². The Morgan fingerprint density at radius 1 is 0.969 bits per heavy atom. The van der Waals surface area contributed by atoms with Crippen molar-refractivity contribution < 1.29 is 4.79 Å². The Balaban J connectivity index is 1.94. The first-order chi connectivity index (χ1) is 15.6. The molecule has 0 saturated heterocycles. The first kappa shape index (κ1) is 21.5. The molecule has 0 saturated carbocycles. The summed E-state index contributed by atoms with van der Waals surface area (Å²) in [5.41, 5.74) is 3.25. The molecule has 5 heteroatoms. The Morgan fingerprint density at radius 2 is 1.66 bits per heavy atom. The summed E-state index contributed by atoms with van der Waals surface area (Å²) in [4.78, 5) is 30.7. The Bertz CT molecular complexity index is 1300. The molecule has 0 bridgehead atoms. The van der Waals surface area contributed by atoms with Gasteiger partial charge in [0.25, 0.3) is 0 Å². The highest BCUT2D eigenvalue weighted by molar-refractivity contribution is 5.97. The lowest BCUT2D eigenvalue weighted by Crippen LogP contribution is -2.16. The number of unbranched alkanes of at least 4 members (excludes halogenated alkanes) is 2. The van der Waals surface area contributed by atoms with Crippen LogP contribution in [-0.4, -0.2) is 15.3 Å². The highest BCUT2D eigenvalue weighted by atomic mass is 16.1. The van der Waals surface area contributed by atoms with Gasteiger partial charge in [-0.2, -0.15) is 0 Å². The normalized spacial score (nSPS) is 10.9. The maximum absolute atomic E-state index is 13.1. The van der Waals surface area contributed by atoms with E-state index in [1.54, 1.807) is 12.1 Å². The van der Waals surface area contributed by atoms with E-state index in [0.717, 1.165) is 36.2 Å². The summed E-state index contributed by atoms with van der Waals surface area (Å²) in [5, 5.41) is 3.88. The molecule has 0 atom stereocenters. The summed E-state index contributed by atoms with van der Waals surface area (Å²) in [6.45, 7) is 3.98. The number of fused-ring (bicyclic) bond motifs is 1. The van der Waals surface area contributed by atoms with E-state index < -0.39 is 0 Å². The zero-order valence-electron chi connectivity index (χ0n) is 18.5. The first-order valence-electron chi connectivity index (χ1n) is 11.1. The van der Waals surface area contributed by atoms with E-state index in [1.165, 1.54) is 0 Å². The summed E-state index contributed by atoms with van der Waals surface area (Å²) < 4.78 is 1.92. The number of pyridine rings is 2. The van der Waals surface area contributed by atoms with Crippen molar-refractivity contribution in [1.29, 1.82) is 0 Å². The summed E-state index contributed by atoms with van der Waals surface area (Å²) >= 11 is 0. The summed E-state index contributed by atoms with van der Waals surface area (Å²) in [6.07, 6.45) is 3.37. The van der Waals surface area contributed by atoms with Crippen molar-refractivity contribution >= 4 is 28.3 Å². The van der Waals surface area contributed by atoms with Crippen LogP contribution >= 0.6 is 0 Å². The predicted octanol–water partition coefficient (Wildman–Crippen LogP) is 6.20. The number of anilines is 2. The number of para-hydroxylation sites is 2. The van der Waals surface area contributed by atoms with Gasteiger partial charge in [-0.05, 0) is 49.2 Å². The number of carbonyl (C=O) groups is 1. The standard InChI is InChI=1S/C27H27N3O2/c1-3-4-7-16-23(31)22-17-19(2)26-24(32)18-25(28-20-12-8-5-9-13-20)30(27(26)29-22)21-14-10-6-11-15-21/h5-6,8-15,17-18,28H,3-4,7,16H2,1-2H3. The van der Waals surface area contributed by atoms with E-state index in [-0.39, 0.29) is 11.2 Å². The molecule has 5 nitrogen and oxygen atoms in total. The second-order valence-electron chi connectivity index (χ2n) is 7.96. The summed E-state index contributed by atoms with van der Waals surface area (Å²) in [6, 6.07) is 22.8. The van der Waals surface area contributed by atoms with Crippen molar-refractivity contribution in [2.45, 2.75) is 39.5 Å². The predicted molar refractivity (Wildman–Crippen MR) is 130 cm³/mol. The molecule has 32 heavy (non-hydrogen) atoms. The third kappa shape index (κ3) is 4.47. The van der Waals surface area contributed by atoms with Gasteiger partial charge >= 0.3 is 0 Å². The van der Waals surface area contributed by atoms with Gasteiger partial charge in [-0.15, -0.1) is 0 Å². The molecule has 2 heterocycles. The maximum Gasteiger partial charge on any atom is 0.193 e. The molecule has 0 spiro atoms. The molecular formula is C27H27N3O2. The molecule has 0 radical (unpaired) electrons. The quantitative estimate of drug-likeness (QED) is 0.270. The van der Waals surface area contributed by atoms with Crippen molar-refractivity contribution in [2.75, 3.05) is 5.32 Å². The third-order valence-corrected chi connectivity index (χ3v) is 5.52. The first-order valence-corrected chi connectivity index (χ1v) is 11.1. The molecule has 0 amide bonds. The fraction of sp³-hybridized carbons (Fsp3) is 0.222. The van der Waals surface area contributed by atoms with Crippen LogP contribution in [0.3, 0.4) is 0 Å². The third-order valence-electron chi connectivity index (χ3n) is 5.52. The van der Waals surface area contributed by atoms with E-state index in [4.69, 9.17) is 4.98 Å². The van der Waals surface area contributed by atoms with Gasteiger partial charge in [-0.3, -0.25) is 14.2 Å². The second kappa shape index (κ2) is 9.60. The van der Waals surface area contributed by atoms with Gasteiger partial charge in [-0.1, -0.05) is 56.2 Å². The SMILES string of the molecule is CCCCCC(=O)c1cc(C)c2c(=O)cc(Nc3ccccc3)n(-c3ccccc3)c2n1. The number of nitrogens with one attached hydrogen (secondary N) is 1. The van der Waals surface area contributed by atoms with Gasteiger partial charge in [0.15, 0.2) is 16.9 Å². The average molecular weight is 426 g/mol. The molecule has 2 aromatic carbocycles. The number of aryl methyl sites for hydroxylation is 1. The van der Waals surface area contributed by atoms with Gasteiger partial charge in [0.1, 0.15) is 11.5 Å². The molecule has 0 aliphatic heterocycles. The molecule has 4 aromatic rings. The van der Waals surface area contributed by atoms with E-state index in [9.17, 15) is 9.59 Å². The molecule has 1 N–H and O–H groups in total. The van der Waals surface area contributed by atoms with Crippen LogP contribution in [-0.2, 0) is 0 Å². The van der Waals surface area contributed by atoms with Crippen LogP contribution < -0.4 is 10.7 Å². The Labute approximate surface area is 187 Å². The number of ketones is 1. The van der Waals surface area contributed by atoms with Gasteiger partial charge in [-0.25, -0.2) is 4.98 Å². The lowest BCUT2D eigenvalue weighted by atomic mass is 10.1. The minimum absolute atomic E-state index is 0.0110. The highest BCUT2D eigenvalue weighted by Crippen LogP contribution is 2.26. The minimum atomic E-state index is -0.124. The average Bonchev–Trinajstić information content (AvgIpc) is 2.80. The van der Waals surface area contributed by atoms with E-state index in [0.29, 0.717) is 29.0 Å². The van der Waals surface area contributed by atoms with Crippen LogP contribution in [0, 0.1) is 6.92 Å². The second-order valence-corrected chi connectivity index (χ2v) is 7.96. The van der Waals surface area contributed by atoms with Gasteiger partial charge in [0.05, 0.1) is 5.39 Å². The Morgan fingerprint density at radius 3 is 2.34 bits per heavy atom. The van der Waals surface area contributed by atoms with Gasteiger partial charge in [0.2, 0.25) is 0 Å². The Hall–Kier alpha value is -3.73. The number of aromatic nitrogens is 2. The molecule has 0 unspecified atom stereocenters. The van der Waals surface area contributed by atoms with Gasteiger partial charge < -0.3 is 5.32 Å². The molecular weight excluding hydrogens is 398 g/mol. The Kier molecular flexibility index (Phi) is 6.45. The van der Waals surface area contributed by atoms with Crippen LogP contribution in [0.5, 0.6) is 0 Å². The van der Waals surface area contributed by atoms with E-state index >= 15 is 0 Å². The largest absolute Gasteiger partial charge is 0.341 e. The lowest BCUT2D eigenvalue weighted by Gasteiger charge is -2.19. The fourth-order valence-electron chi connectivity index (χ4n) is 3.90. The minimum Gasteiger partial charge on any atom is -0.341 e. The highest BCUT2D eigenvalue weighted by Gasteiger charge is 2.18. The smallest absolute Gasteiger partial charge is 0.193 e. The van der Waals surface area contributed by atoms with Crippen LogP contribution in [0.15, 0.2) is 77.6 Å². The molecule has 4 rings (SSSR count). The number of hydrogen-bond acceptors (Lipinski definition) is 4. The number of Topliss-reactive ketones (excluding diaryl/α,β-unsaturated/α-hetero) is 1. The number of benzene rings is 2. The fourth-order valence-corrected chi connectivity index (χ4v) is 3.90. The van der Waals surface area contributed by atoms with Crippen molar-refractivity contribution in [1.82, 2.24) is 9.55 Å². The zero-order chi connectivity index (χ0) is 22.5. The molecule has 0 fully saturated rings. The number of rotatable bonds is 8.